The van der Waals surface area contributed by atoms with Crippen molar-refractivity contribution in [2.75, 3.05) is 37.4 Å². The van der Waals surface area contributed by atoms with Crippen molar-refractivity contribution in [2.45, 2.75) is 26.3 Å². The van der Waals surface area contributed by atoms with Gasteiger partial charge in [0.1, 0.15) is 6.04 Å². The van der Waals surface area contributed by atoms with Crippen LogP contribution in [0.15, 0.2) is 24.3 Å². The first-order chi connectivity index (χ1) is 9.61. The van der Waals surface area contributed by atoms with Gasteiger partial charge in [-0.2, -0.15) is 0 Å². The Morgan fingerprint density at radius 3 is 2.75 bits per heavy atom. The Labute approximate surface area is 121 Å². The molecular weight excluding hydrogens is 254 g/mol. The molecule has 1 atom stereocenters. The second kappa shape index (κ2) is 8.43. The lowest BCUT2D eigenvalue weighted by Crippen LogP contribution is -2.45. The first-order valence-corrected chi connectivity index (χ1v) is 6.99. The van der Waals surface area contributed by atoms with E-state index in [9.17, 15) is 4.79 Å². The molecule has 0 aliphatic heterocycles. The minimum absolute atomic E-state index is 0.00575. The third-order valence-corrected chi connectivity index (χ3v) is 3.26. The molecule has 0 aliphatic carbocycles. The van der Waals surface area contributed by atoms with E-state index in [-0.39, 0.29) is 11.9 Å². The van der Waals surface area contributed by atoms with Crippen LogP contribution in [-0.2, 0) is 9.53 Å². The molecule has 0 aliphatic rings. The predicted octanol–water partition coefficient (Wildman–Crippen LogP) is 1.64. The molecule has 0 bridgehead atoms. The molecule has 0 aromatic heterocycles. The second-order valence-electron chi connectivity index (χ2n) is 4.66. The van der Waals surface area contributed by atoms with Crippen LogP contribution in [-0.4, -0.2) is 38.8 Å². The summed E-state index contributed by atoms with van der Waals surface area (Å²) in [6, 6.07) is 7.35. The minimum Gasteiger partial charge on any atom is -0.397 e. The van der Waals surface area contributed by atoms with Crippen LogP contribution in [0.1, 0.15) is 20.3 Å². The van der Waals surface area contributed by atoms with Crippen molar-refractivity contribution in [1.82, 2.24) is 5.32 Å². The molecule has 20 heavy (non-hydrogen) atoms. The second-order valence-corrected chi connectivity index (χ2v) is 4.66. The first-order valence-electron chi connectivity index (χ1n) is 6.99. The van der Waals surface area contributed by atoms with Crippen LogP contribution in [0.5, 0.6) is 0 Å². The highest BCUT2D eigenvalue weighted by atomic mass is 16.5. The van der Waals surface area contributed by atoms with Crippen LogP contribution >= 0.6 is 0 Å². The molecule has 5 heteroatoms. The summed E-state index contributed by atoms with van der Waals surface area (Å²) in [5, 5.41) is 2.92. The van der Waals surface area contributed by atoms with Gasteiger partial charge in [0.25, 0.3) is 0 Å². The number of nitrogens with zero attached hydrogens (tertiary/aromatic N) is 1. The number of carbonyl (C=O) groups excluding carboxylic acids is 1. The topological polar surface area (TPSA) is 67.6 Å². The van der Waals surface area contributed by atoms with Crippen molar-refractivity contribution < 1.29 is 9.53 Å². The highest BCUT2D eigenvalue weighted by molar-refractivity contribution is 5.86. The van der Waals surface area contributed by atoms with E-state index in [0.717, 1.165) is 18.7 Å². The third-order valence-electron chi connectivity index (χ3n) is 3.26. The van der Waals surface area contributed by atoms with Crippen molar-refractivity contribution in [2.24, 2.45) is 0 Å². The van der Waals surface area contributed by atoms with Gasteiger partial charge in [0.2, 0.25) is 5.91 Å². The van der Waals surface area contributed by atoms with Crippen LogP contribution in [0.2, 0.25) is 0 Å². The van der Waals surface area contributed by atoms with Crippen molar-refractivity contribution in [3.8, 4) is 0 Å². The average molecular weight is 279 g/mol. The summed E-state index contributed by atoms with van der Waals surface area (Å²) in [5.41, 5.74) is 7.57. The molecule has 1 aromatic carbocycles. The fourth-order valence-electron chi connectivity index (χ4n) is 2.12. The van der Waals surface area contributed by atoms with Crippen molar-refractivity contribution in [3.63, 3.8) is 0 Å². The zero-order valence-corrected chi connectivity index (χ0v) is 12.6. The maximum Gasteiger partial charge on any atom is 0.242 e. The van der Waals surface area contributed by atoms with Gasteiger partial charge < -0.3 is 20.7 Å². The van der Waals surface area contributed by atoms with E-state index in [1.807, 2.05) is 43.0 Å². The number of methoxy groups -OCH3 is 1. The molecule has 0 saturated heterocycles. The monoisotopic (exact) mass is 279 g/mol. The van der Waals surface area contributed by atoms with Gasteiger partial charge in [-0.25, -0.2) is 0 Å². The number of nitrogens with one attached hydrogen (secondary N) is 1. The lowest BCUT2D eigenvalue weighted by molar-refractivity contribution is -0.122. The Morgan fingerprint density at radius 2 is 2.15 bits per heavy atom. The summed E-state index contributed by atoms with van der Waals surface area (Å²) in [6.07, 6.45) is 0.814. The van der Waals surface area contributed by atoms with Crippen molar-refractivity contribution in [1.29, 1.82) is 0 Å². The molecule has 5 nitrogen and oxygen atoms in total. The summed E-state index contributed by atoms with van der Waals surface area (Å²) in [5.74, 6) is 0.00575. The summed E-state index contributed by atoms with van der Waals surface area (Å²) in [7, 11) is 1.65. The standard InChI is InChI=1S/C15H25N3O2/c1-4-18(14-9-6-5-8-13(14)16)12(2)15(19)17-10-7-11-20-3/h5-6,8-9,12H,4,7,10-11,16H2,1-3H3,(H,17,19). The van der Waals surface area contributed by atoms with E-state index < -0.39 is 0 Å². The number of benzene rings is 1. The van der Waals surface area contributed by atoms with Crippen molar-refractivity contribution >= 4 is 17.3 Å². The highest BCUT2D eigenvalue weighted by Crippen LogP contribution is 2.24. The number of likely N-dealkylation sites (N-methyl/N-ethyl adjacent to an activating group) is 1. The lowest BCUT2D eigenvalue weighted by atomic mass is 10.2. The molecule has 0 saturated carbocycles. The molecule has 0 radical (unpaired) electrons. The van der Waals surface area contributed by atoms with Crippen LogP contribution in [0.4, 0.5) is 11.4 Å². The summed E-state index contributed by atoms with van der Waals surface area (Å²) < 4.78 is 4.96. The van der Waals surface area contributed by atoms with Crippen LogP contribution in [0.3, 0.4) is 0 Å². The summed E-state index contributed by atoms with van der Waals surface area (Å²) in [6.45, 7) is 5.90. The molecule has 0 fully saturated rings. The van der Waals surface area contributed by atoms with Gasteiger partial charge in [0, 0.05) is 26.8 Å². The van der Waals surface area contributed by atoms with Crippen LogP contribution in [0, 0.1) is 0 Å². The first kappa shape index (κ1) is 16.3. The van der Waals surface area contributed by atoms with Crippen LogP contribution in [0.25, 0.3) is 0 Å². The Morgan fingerprint density at radius 1 is 1.45 bits per heavy atom. The number of amides is 1. The van der Waals surface area contributed by atoms with E-state index in [2.05, 4.69) is 5.32 Å². The smallest absolute Gasteiger partial charge is 0.242 e. The molecule has 112 valence electrons. The van der Waals surface area contributed by atoms with E-state index in [1.54, 1.807) is 7.11 Å². The third kappa shape index (κ3) is 4.42. The van der Waals surface area contributed by atoms with Gasteiger partial charge in [-0.3, -0.25) is 4.79 Å². The fourth-order valence-corrected chi connectivity index (χ4v) is 2.12. The Hall–Kier alpha value is -1.75. The SMILES string of the molecule is CCN(c1ccccc1N)C(C)C(=O)NCCCOC. The maximum atomic E-state index is 12.2. The molecule has 0 spiro atoms. The fraction of sp³-hybridized carbons (Fsp3) is 0.533. The van der Waals surface area contributed by atoms with Gasteiger partial charge in [-0.15, -0.1) is 0 Å². The maximum absolute atomic E-state index is 12.2. The zero-order chi connectivity index (χ0) is 15.0. The quantitative estimate of drug-likeness (QED) is 0.561. The van der Waals surface area contributed by atoms with Crippen molar-refractivity contribution in [3.05, 3.63) is 24.3 Å². The van der Waals surface area contributed by atoms with Gasteiger partial charge in [-0.05, 0) is 32.4 Å². The highest BCUT2D eigenvalue weighted by Gasteiger charge is 2.21. The minimum atomic E-state index is -0.257. The van der Waals surface area contributed by atoms with Gasteiger partial charge in [0.05, 0.1) is 11.4 Å². The number of hydrogen-bond donors (Lipinski definition) is 2. The Bertz CT molecular complexity index is 423. The largest absolute Gasteiger partial charge is 0.397 e. The molecule has 0 heterocycles. The van der Waals surface area contributed by atoms with E-state index in [0.29, 0.717) is 18.8 Å². The summed E-state index contributed by atoms with van der Waals surface area (Å²) in [4.78, 5) is 14.2. The van der Waals surface area contributed by atoms with Crippen LogP contribution < -0.4 is 16.0 Å². The Kier molecular flexibility index (Phi) is 6.87. The van der Waals surface area contributed by atoms with E-state index >= 15 is 0 Å². The molecule has 1 aromatic rings. The van der Waals surface area contributed by atoms with E-state index in [1.165, 1.54) is 0 Å². The number of carbonyl (C=O) groups is 1. The number of ether oxygens (including phenoxy) is 1. The van der Waals surface area contributed by atoms with E-state index in [4.69, 9.17) is 10.5 Å². The number of hydrogen-bond acceptors (Lipinski definition) is 4. The number of para-hydroxylation sites is 2. The molecule has 3 N–H and O–H groups in total. The molecule has 1 rings (SSSR count). The van der Waals surface area contributed by atoms with Gasteiger partial charge >= 0.3 is 0 Å². The summed E-state index contributed by atoms with van der Waals surface area (Å²) >= 11 is 0. The Balaban J connectivity index is 2.65. The molecule has 1 unspecified atom stereocenters. The number of nitrogens with two attached hydrogens (primary N) is 1. The molecular formula is C15H25N3O2. The zero-order valence-electron chi connectivity index (χ0n) is 12.6. The number of rotatable bonds is 8. The number of anilines is 2. The normalized spacial score (nSPS) is 11.9. The molecule has 1 amide bonds. The average Bonchev–Trinajstić information content (AvgIpc) is 2.46. The lowest BCUT2D eigenvalue weighted by Gasteiger charge is -2.30. The van der Waals surface area contributed by atoms with Gasteiger partial charge in [-0.1, -0.05) is 12.1 Å². The van der Waals surface area contributed by atoms with Gasteiger partial charge in [0.15, 0.2) is 0 Å². The predicted molar refractivity (Wildman–Crippen MR) is 82.8 cm³/mol. The number of nitrogen functional groups attached to an aromatic ring is 1.